The molecule has 0 aliphatic rings. The number of aromatic nitrogens is 1. The summed E-state index contributed by atoms with van der Waals surface area (Å²) < 4.78 is 0. The number of nitrogens with one attached hydrogen (secondary N) is 1. The minimum absolute atomic E-state index is 0.191. The maximum Gasteiger partial charge on any atom is 0.106 e. The molecule has 2 rings (SSSR count). The zero-order valence-electron chi connectivity index (χ0n) is 11.9. The molecule has 1 unspecified atom stereocenters. The van der Waals surface area contributed by atoms with Gasteiger partial charge in [-0.2, -0.15) is 0 Å². The molecule has 2 aromatic rings. The number of hydrogen-bond donors (Lipinski definition) is 1. The van der Waals surface area contributed by atoms with Crippen molar-refractivity contribution in [2.75, 3.05) is 0 Å². The van der Waals surface area contributed by atoms with Crippen LogP contribution in [0.5, 0.6) is 0 Å². The van der Waals surface area contributed by atoms with Crippen molar-refractivity contribution < 1.29 is 0 Å². The summed E-state index contributed by atoms with van der Waals surface area (Å²) in [6.07, 6.45) is 2.97. The lowest BCUT2D eigenvalue weighted by Crippen LogP contribution is -2.32. The molecular weight excluding hydrogens is 252 g/mol. The van der Waals surface area contributed by atoms with Gasteiger partial charge in [0.15, 0.2) is 0 Å². The molecule has 1 aromatic carbocycles. The van der Waals surface area contributed by atoms with Crippen LogP contribution < -0.4 is 5.32 Å². The summed E-state index contributed by atoms with van der Waals surface area (Å²) in [5.74, 6) is 0. The van der Waals surface area contributed by atoms with E-state index in [4.69, 9.17) is 0 Å². The van der Waals surface area contributed by atoms with Crippen LogP contribution in [0.4, 0.5) is 0 Å². The van der Waals surface area contributed by atoms with E-state index in [9.17, 15) is 0 Å². The topological polar surface area (TPSA) is 24.9 Å². The molecular formula is C16H22N2S. The zero-order chi connectivity index (χ0) is 13.7. The Morgan fingerprint density at radius 3 is 2.63 bits per heavy atom. The van der Waals surface area contributed by atoms with Crippen molar-refractivity contribution in [2.24, 2.45) is 0 Å². The lowest BCUT2D eigenvalue weighted by molar-refractivity contribution is 0.388. The fraction of sp³-hybridized carbons (Fsp3) is 0.438. The largest absolute Gasteiger partial charge is 0.308 e. The van der Waals surface area contributed by atoms with Crippen molar-refractivity contribution in [3.05, 3.63) is 52.5 Å². The van der Waals surface area contributed by atoms with Gasteiger partial charge < -0.3 is 5.32 Å². The molecule has 0 aliphatic heterocycles. The van der Waals surface area contributed by atoms with Crippen LogP contribution in [0.2, 0.25) is 0 Å². The van der Waals surface area contributed by atoms with Crippen molar-refractivity contribution in [1.82, 2.24) is 10.3 Å². The number of benzene rings is 1. The van der Waals surface area contributed by atoms with E-state index in [0.717, 1.165) is 18.0 Å². The highest BCUT2D eigenvalue weighted by Gasteiger charge is 2.22. The molecule has 0 aliphatic carbocycles. The van der Waals surface area contributed by atoms with Crippen molar-refractivity contribution in [3.8, 4) is 0 Å². The van der Waals surface area contributed by atoms with Gasteiger partial charge in [-0.3, -0.25) is 0 Å². The average Bonchev–Trinajstić information content (AvgIpc) is 2.90. The van der Waals surface area contributed by atoms with E-state index in [0.29, 0.717) is 6.04 Å². The summed E-state index contributed by atoms with van der Waals surface area (Å²) in [6.45, 7) is 7.73. The highest BCUT2D eigenvalue weighted by molar-refractivity contribution is 7.09. The summed E-state index contributed by atoms with van der Waals surface area (Å²) in [5.41, 5.74) is 1.59. The maximum atomic E-state index is 4.30. The SMILES string of the molecule is CC(CC(C)(C)c1ccccc1)NCc1nccs1. The molecule has 3 heteroatoms. The van der Waals surface area contributed by atoms with Gasteiger partial charge >= 0.3 is 0 Å². The minimum Gasteiger partial charge on any atom is -0.308 e. The lowest BCUT2D eigenvalue weighted by atomic mass is 9.79. The van der Waals surface area contributed by atoms with Crippen molar-refractivity contribution >= 4 is 11.3 Å². The standard InChI is InChI=1S/C16H22N2S/c1-13(18-12-15-17-9-10-19-15)11-16(2,3)14-7-5-4-6-8-14/h4-10,13,18H,11-12H2,1-3H3. The summed E-state index contributed by atoms with van der Waals surface area (Å²) in [4.78, 5) is 4.30. The third kappa shape index (κ3) is 4.15. The number of thiazole rings is 1. The van der Waals surface area contributed by atoms with E-state index in [-0.39, 0.29) is 5.41 Å². The third-order valence-corrected chi connectivity index (χ3v) is 4.24. The third-order valence-electron chi connectivity index (χ3n) is 3.46. The molecule has 19 heavy (non-hydrogen) atoms. The van der Waals surface area contributed by atoms with Crippen LogP contribution in [0.1, 0.15) is 37.8 Å². The van der Waals surface area contributed by atoms with Crippen LogP contribution in [-0.2, 0) is 12.0 Å². The monoisotopic (exact) mass is 274 g/mol. The molecule has 0 saturated heterocycles. The van der Waals surface area contributed by atoms with Crippen LogP contribution in [-0.4, -0.2) is 11.0 Å². The molecule has 1 aromatic heterocycles. The van der Waals surface area contributed by atoms with Gasteiger partial charge in [-0.05, 0) is 24.3 Å². The Labute approximate surface area is 119 Å². The van der Waals surface area contributed by atoms with E-state index in [2.05, 4.69) is 61.4 Å². The highest BCUT2D eigenvalue weighted by Crippen LogP contribution is 2.28. The van der Waals surface area contributed by atoms with Crippen LogP contribution in [0.15, 0.2) is 41.9 Å². The van der Waals surface area contributed by atoms with Gasteiger partial charge in [0.25, 0.3) is 0 Å². The lowest BCUT2D eigenvalue weighted by Gasteiger charge is -2.29. The predicted molar refractivity (Wildman–Crippen MR) is 82.5 cm³/mol. The second-order valence-electron chi connectivity index (χ2n) is 5.66. The van der Waals surface area contributed by atoms with Crippen molar-refractivity contribution in [2.45, 2.75) is 45.2 Å². The Hall–Kier alpha value is -1.19. The molecule has 0 spiro atoms. The van der Waals surface area contributed by atoms with Gasteiger partial charge in [0, 0.05) is 24.2 Å². The Morgan fingerprint density at radius 1 is 1.26 bits per heavy atom. The first-order chi connectivity index (χ1) is 9.08. The van der Waals surface area contributed by atoms with Crippen LogP contribution >= 0.6 is 11.3 Å². The van der Waals surface area contributed by atoms with E-state index in [1.165, 1.54) is 5.56 Å². The van der Waals surface area contributed by atoms with E-state index < -0.39 is 0 Å². The van der Waals surface area contributed by atoms with Gasteiger partial charge in [-0.25, -0.2) is 4.98 Å². The van der Waals surface area contributed by atoms with Crippen molar-refractivity contribution in [3.63, 3.8) is 0 Å². The molecule has 0 radical (unpaired) electrons. The van der Waals surface area contributed by atoms with Gasteiger partial charge in [-0.15, -0.1) is 11.3 Å². The first-order valence-corrected chi connectivity index (χ1v) is 7.63. The highest BCUT2D eigenvalue weighted by atomic mass is 32.1. The second-order valence-corrected chi connectivity index (χ2v) is 6.64. The molecule has 1 heterocycles. The van der Waals surface area contributed by atoms with Crippen LogP contribution in [0.25, 0.3) is 0 Å². The average molecular weight is 274 g/mol. The minimum atomic E-state index is 0.191. The zero-order valence-corrected chi connectivity index (χ0v) is 12.7. The number of hydrogen-bond acceptors (Lipinski definition) is 3. The summed E-state index contributed by atoms with van der Waals surface area (Å²) in [5, 5.41) is 6.74. The molecule has 0 bridgehead atoms. The summed E-state index contributed by atoms with van der Waals surface area (Å²) in [7, 11) is 0. The smallest absolute Gasteiger partial charge is 0.106 e. The summed E-state index contributed by atoms with van der Waals surface area (Å²) in [6, 6.07) is 11.2. The number of nitrogens with zero attached hydrogens (tertiary/aromatic N) is 1. The first kappa shape index (κ1) is 14.2. The van der Waals surface area contributed by atoms with E-state index >= 15 is 0 Å². The fourth-order valence-corrected chi connectivity index (χ4v) is 3.01. The van der Waals surface area contributed by atoms with Gasteiger partial charge in [0.2, 0.25) is 0 Å². The molecule has 1 atom stereocenters. The van der Waals surface area contributed by atoms with Gasteiger partial charge in [0.1, 0.15) is 5.01 Å². The second kappa shape index (κ2) is 6.31. The quantitative estimate of drug-likeness (QED) is 0.861. The normalized spacial score (nSPS) is 13.4. The van der Waals surface area contributed by atoms with Gasteiger partial charge in [0.05, 0.1) is 0 Å². The molecule has 0 amide bonds. The fourth-order valence-electron chi connectivity index (χ4n) is 2.45. The Kier molecular flexibility index (Phi) is 4.72. The van der Waals surface area contributed by atoms with Crippen LogP contribution in [0, 0.1) is 0 Å². The Morgan fingerprint density at radius 2 is 2.00 bits per heavy atom. The molecule has 102 valence electrons. The molecule has 0 saturated carbocycles. The number of rotatable bonds is 6. The molecule has 1 N–H and O–H groups in total. The van der Waals surface area contributed by atoms with E-state index in [1.54, 1.807) is 11.3 Å². The summed E-state index contributed by atoms with van der Waals surface area (Å²) >= 11 is 1.71. The van der Waals surface area contributed by atoms with Gasteiger partial charge in [-0.1, -0.05) is 44.2 Å². The maximum absolute atomic E-state index is 4.30. The van der Waals surface area contributed by atoms with Crippen molar-refractivity contribution in [1.29, 1.82) is 0 Å². The Balaban J connectivity index is 1.89. The van der Waals surface area contributed by atoms with Crippen LogP contribution in [0.3, 0.4) is 0 Å². The molecule has 2 nitrogen and oxygen atoms in total. The van der Waals surface area contributed by atoms with E-state index in [1.807, 2.05) is 11.6 Å². The first-order valence-electron chi connectivity index (χ1n) is 6.75. The Bertz CT molecular complexity index is 477. The molecule has 0 fully saturated rings. The predicted octanol–water partition coefficient (Wildman–Crippen LogP) is 3.99.